The van der Waals surface area contributed by atoms with Gasteiger partial charge in [-0.25, -0.2) is 0 Å². The van der Waals surface area contributed by atoms with Crippen molar-refractivity contribution in [3.63, 3.8) is 0 Å². The van der Waals surface area contributed by atoms with E-state index < -0.39 is 17.7 Å². The zero-order chi connectivity index (χ0) is 20.3. The van der Waals surface area contributed by atoms with Crippen LogP contribution in [0, 0.1) is 5.92 Å². The summed E-state index contributed by atoms with van der Waals surface area (Å²) in [5, 5.41) is 0.558. The summed E-state index contributed by atoms with van der Waals surface area (Å²) >= 11 is 11.7. The Morgan fingerprint density at radius 2 is 1.79 bits per heavy atom. The van der Waals surface area contributed by atoms with Gasteiger partial charge in [0.2, 0.25) is 11.8 Å². The van der Waals surface area contributed by atoms with Gasteiger partial charge in [0.1, 0.15) is 5.75 Å². The maximum atomic E-state index is 12.4. The van der Waals surface area contributed by atoms with Crippen LogP contribution in [0.25, 0.3) is 0 Å². The number of carbonyl (C=O) groups is 3. The van der Waals surface area contributed by atoms with Crippen molar-refractivity contribution >= 4 is 46.6 Å². The van der Waals surface area contributed by atoms with Crippen molar-refractivity contribution in [2.75, 3.05) is 18.6 Å². The zero-order valence-electron chi connectivity index (χ0n) is 14.9. The van der Waals surface area contributed by atoms with Crippen LogP contribution in [0.1, 0.15) is 16.8 Å². The van der Waals surface area contributed by atoms with Gasteiger partial charge >= 0.3 is 0 Å². The molecule has 1 aliphatic rings. The number of methoxy groups -OCH3 is 1. The van der Waals surface area contributed by atoms with Crippen molar-refractivity contribution < 1.29 is 19.1 Å². The molecule has 1 saturated heterocycles. The van der Waals surface area contributed by atoms with Gasteiger partial charge in [0.15, 0.2) is 0 Å². The van der Waals surface area contributed by atoms with Crippen molar-refractivity contribution in [3.05, 3.63) is 58.1 Å². The number of ether oxygens (including phenoxy) is 1. The lowest BCUT2D eigenvalue weighted by molar-refractivity contribution is -0.126. The fraction of sp³-hybridized carbons (Fsp3) is 0.211. The Bertz CT molecular complexity index is 918. The summed E-state index contributed by atoms with van der Waals surface area (Å²) in [6, 6.07) is 11.4. The molecule has 146 valence electrons. The van der Waals surface area contributed by atoms with Crippen LogP contribution >= 0.6 is 23.2 Å². The quantitative estimate of drug-likeness (QED) is 0.742. The second-order valence-corrected chi connectivity index (χ2v) is 6.99. The van der Waals surface area contributed by atoms with Crippen LogP contribution in [0.4, 0.5) is 5.69 Å². The molecule has 3 amide bonds. The second kappa shape index (κ2) is 8.50. The third-order valence-electron chi connectivity index (χ3n) is 4.36. The van der Waals surface area contributed by atoms with Crippen LogP contribution in [0.2, 0.25) is 10.0 Å². The van der Waals surface area contributed by atoms with Crippen LogP contribution < -0.4 is 20.5 Å². The van der Waals surface area contributed by atoms with E-state index in [-0.39, 0.29) is 29.5 Å². The summed E-state index contributed by atoms with van der Waals surface area (Å²) in [5.74, 6) is -1.06. The molecule has 0 aromatic heterocycles. The predicted molar refractivity (Wildman–Crippen MR) is 106 cm³/mol. The van der Waals surface area contributed by atoms with Crippen LogP contribution in [-0.2, 0) is 9.59 Å². The first-order valence-corrected chi connectivity index (χ1v) is 9.14. The maximum absolute atomic E-state index is 12.4. The van der Waals surface area contributed by atoms with Gasteiger partial charge in [-0.3, -0.25) is 25.2 Å². The second-order valence-electron chi connectivity index (χ2n) is 6.18. The van der Waals surface area contributed by atoms with Gasteiger partial charge in [0.25, 0.3) is 5.91 Å². The number of nitrogens with zero attached hydrogens (tertiary/aromatic N) is 1. The third kappa shape index (κ3) is 4.37. The van der Waals surface area contributed by atoms with E-state index in [4.69, 9.17) is 27.9 Å². The Kier molecular flexibility index (Phi) is 6.06. The lowest BCUT2D eigenvalue weighted by Crippen LogP contribution is -2.45. The average molecular weight is 422 g/mol. The molecule has 2 aromatic rings. The van der Waals surface area contributed by atoms with Crippen molar-refractivity contribution in [1.29, 1.82) is 0 Å². The Balaban J connectivity index is 1.58. The molecule has 1 aliphatic heterocycles. The number of hydrogen-bond donors (Lipinski definition) is 2. The van der Waals surface area contributed by atoms with Crippen LogP contribution in [0.15, 0.2) is 42.5 Å². The molecule has 1 fully saturated rings. The Hall–Kier alpha value is -2.77. The van der Waals surface area contributed by atoms with Gasteiger partial charge in [-0.05, 0) is 42.5 Å². The van der Waals surface area contributed by atoms with Crippen LogP contribution in [0.3, 0.4) is 0 Å². The lowest BCUT2D eigenvalue weighted by atomic mass is 10.1. The molecule has 3 rings (SSSR count). The summed E-state index contributed by atoms with van der Waals surface area (Å²) in [5.41, 5.74) is 5.60. The minimum Gasteiger partial charge on any atom is -0.497 e. The van der Waals surface area contributed by atoms with E-state index in [1.54, 1.807) is 31.4 Å². The number of hydrazine groups is 1. The summed E-state index contributed by atoms with van der Waals surface area (Å²) in [4.78, 5) is 38.3. The van der Waals surface area contributed by atoms with E-state index in [0.717, 1.165) is 0 Å². The van der Waals surface area contributed by atoms with Gasteiger partial charge in [0, 0.05) is 24.2 Å². The van der Waals surface area contributed by atoms with Crippen molar-refractivity contribution in [2.24, 2.45) is 5.92 Å². The molecule has 1 heterocycles. The first-order valence-electron chi connectivity index (χ1n) is 8.38. The molecule has 2 N–H and O–H groups in total. The minimum absolute atomic E-state index is 0.0561. The highest BCUT2D eigenvalue weighted by Crippen LogP contribution is 2.27. The highest BCUT2D eigenvalue weighted by molar-refractivity contribution is 6.42. The highest BCUT2D eigenvalue weighted by atomic mass is 35.5. The first kappa shape index (κ1) is 20.0. The Morgan fingerprint density at radius 1 is 1.07 bits per heavy atom. The number of halogens is 2. The van der Waals surface area contributed by atoms with Crippen LogP contribution in [0.5, 0.6) is 5.75 Å². The van der Waals surface area contributed by atoms with E-state index in [1.807, 2.05) is 0 Å². The Morgan fingerprint density at radius 3 is 2.43 bits per heavy atom. The highest BCUT2D eigenvalue weighted by Gasteiger charge is 2.35. The molecule has 0 bridgehead atoms. The third-order valence-corrected chi connectivity index (χ3v) is 5.10. The average Bonchev–Trinajstić information content (AvgIpc) is 3.09. The van der Waals surface area contributed by atoms with E-state index in [9.17, 15) is 14.4 Å². The summed E-state index contributed by atoms with van der Waals surface area (Å²) in [6.07, 6.45) is 0.0561. The summed E-state index contributed by atoms with van der Waals surface area (Å²) in [7, 11) is 1.56. The predicted octanol–water partition coefficient (Wildman–Crippen LogP) is 2.82. The van der Waals surface area contributed by atoms with E-state index in [0.29, 0.717) is 16.5 Å². The molecule has 0 spiro atoms. The van der Waals surface area contributed by atoms with Crippen molar-refractivity contribution in [3.8, 4) is 5.75 Å². The van der Waals surface area contributed by atoms with Gasteiger partial charge < -0.3 is 9.64 Å². The molecule has 1 atom stereocenters. The van der Waals surface area contributed by atoms with Gasteiger partial charge in [-0.15, -0.1) is 0 Å². The number of carbonyl (C=O) groups excluding carboxylic acids is 3. The van der Waals surface area contributed by atoms with Gasteiger partial charge in [-0.2, -0.15) is 0 Å². The summed E-state index contributed by atoms with van der Waals surface area (Å²) in [6.45, 7) is 0.222. The molecule has 0 saturated carbocycles. The zero-order valence-corrected chi connectivity index (χ0v) is 16.4. The molecule has 0 radical (unpaired) electrons. The SMILES string of the molecule is COc1ccc(N2C[C@@H](C(=O)NNC(=O)c3ccc(Cl)c(Cl)c3)CC2=O)cc1. The fourth-order valence-electron chi connectivity index (χ4n) is 2.82. The minimum atomic E-state index is -0.580. The van der Waals surface area contributed by atoms with E-state index in [1.165, 1.54) is 23.1 Å². The molecule has 7 nitrogen and oxygen atoms in total. The number of anilines is 1. The number of nitrogens with one attached hydrogen (secondary N) is 2. The first-order chi connectivity index (χ1) is 13.4. The molecule has 28 heavy (non-hydrogen) atoms. The van der Waals surface area contributed by atoms with E-state index in [2.05, 4.69) is 10.9 Å². The lowest BCUT2D eigenvalue weighted by Gasteiger charge is -2.17. The molecule has 2 aromatic carbocycles. The topological polar surface area (TPSA) is 87.7 Å². The number of rotatable bonds is 4. The molecule has 0 unspecified atom stereocenters. The maximum Gasteiger partial charge on any atom is 0.269 e. The van der Waals surface area contributed by atoms with E-state index >= 15 is 0 Å². The van der Waals surface area contributed by atoms with Gasteiger partial charge in [-0.1, -0.05) is 23.2 Å². The fourth-order valence-corrected chi connectivity index (χ4v) is 3.12. The standard InChI is InChI=1S/C19H17Cl2N3O4/c1-28-14-5-3-13(4-6-14)24-10-12(9-17(24)25)19(27)23-22-18(26)11-2-7-15(20)16(21)8-11/h2-8,12H,9-10H2,1H3,(H,22,26)(H,23,27)/t12-/m0/s1. The van der Waals surface area contributed by atoms with Gasteiger partial charge in [0.05, 0.1) is 23.1 Å². The largest absolute Gasteiger partial charge is 0.497 e. The summed E-state index contributed by atoms with van der Waals surface area (Å²) < 4.78 is 5.10. The van der Waals surface area contributed by atoms with Crippen molar-refractivity contribution in [2.45, 2.75) is 6.42 Å². The smallest absolute Gasteiger partial charge is 0.269 e. The Labute approximate surface area is 171 Å². The van der Waals surface area contributed by atoms with Crippen molar-refractivity contribution in [1.82, 2.24) is 10.9 Å². The number of amides is 3. The molecule has 9 heteroatoms. The monoisotopic (exact) mass is 421 g/mol. The number of benzene rings is 2. The molecular weight excluding hydrogens is 405 g/mol. The normalized spacial score (nSPS) is 16.0. The number of hydrogen-bond acceptors (Lipinski definition) is 4. The molecule has 0 aliphatic carbocycles. The van der Waals surface area contributed by atoms with Crippen LogP contribution in [-0.4, -0.2) is 31.4 Å². The molecular formula is C19H17Cl2N3O4.